The molecule has 0 aliphatic heterocycles. The van der Waals surface area contributed by atoms with Gasteiger partial charge in [-0.15, -0.1) is 0 Å². The Morgan fingerprint density at radius 2 is 2.17 bits per heavy atom. The van der Waals surface area contributed by atoms with Gasteiger partial charge in [0.15, 0.2) is 0 Å². The summed E-state index contributed by atoms with van der Waals surface area (Å²) in [4.78, 5) is 22.4. The van der Waals surface area contributed by atoms with Crippen molar-refractivity contribution in [3.63, 3.8) is 0 Å². The van der Waals surface area contributed by atoms with Crippen LogP contribution in [0.15, 0.2) is 28.7 Å². The van der Waals surface area contributed by atoms with E-state index in [1.807, 2.05) is 6.92 Å². The van der Waals surface area contributed by atoms with Gasteiger partial charge in [0.2, 0.25) is 5.91 Å². The summed E-state index contributed by atoms with van der Waals surface area (Å²) < 4.78 is 6.98. The monoisotopic (exact) mass is 382 g/mol. The zero-order chi connectivity index (χ0) is 17.0. The van der Waals surface area contributed by atoms with E-state index in [9.17, 15) is 14.9 Å². The molecule has 0 saturated carbocycles. The zero-order valence-corrected chi connectivity index (χ0v) is 14.2. The van der Waals surface area contributed by atoms with Gasteiger partial charge in [0.05, 0.1) is 23.1 Å². The molecule has 2 aromatic rings. The van der Waals surface area contributed by atoms with Crippen molar-refractivity contribution < 1.29 is 14.5 Å². The molecule has 1 amide bonds. The number of rotatable bonds is 6. The van der Waals surface area contributed by atoms with E-state index < -0.39 is 4.92 Å². The highest BCUT2D eigenvalue weighted by Crippen LogP contribution is 2.27. The average Bonchev–Trinajstić information content (AvgIpc) is 2.78. The number of nitrogens with zero attached hydrogens (tertiary/aromatic N) is 3. The first-order valence-electron chi connectivity index (χ1n) is 6.83. The predicted molar refractivity (Wildman–Crippen MR) is 87.6 cm³/mol. The number of aromatic nitrogens is 2. The lowest BCUT2D eigenvalue weighted by Gasteiger charge is -2.10. The van der Waals surface area contributed by atoms with Gasteiger partial charge >= 0.3 is 5.82 Å². The first-order chi connectivity index (χ1) is 10.9. The highest BCUT2D eigenvalue weighted by Gasteiger charge is 2.24. The zero-order valence-electron chi connectivity index (χ0n) is 12.6. The number of carbonyl (C=O) groups is 1. The minimum Gasteiger partial charge on any atom is -0.492 e. The Kier molecular flexibility index (Phi) is 5.32. The minimum atomic E-state index is -0.601. The molecule has 8 nitrogen and oxygen atoms in total. The molecule has 0 bridgehead atoms. The van der Waals surface area contributed by atoms with Gasteiger partial charge in [-0.2, -0.15) is 4.68 Å². The summed E-state index contributed by atoms with van der Waals surface area (Å²) in [7, 11) is 0. The van der Waals surface area contributed by atoms with Gasteiger partial charge in [0.25, 0.3) is 0 Å². The van der Waals surface area contributed by atoms with Crippen molar-refractivity contribution in [2.45, 2.75) is 20.4 Å². The number of carbonyl (C=O) groups excluding carboxylic acids is 1. The number of ether oxygens (including phenoxy) is 1. The van der Waals surface area contributed by atoms with E-state index in [-0.39, 0.29) is 22.7 Å². The molecule has 0 saturated heterocycles. The van der Waals surface area contributed by atoms with Crippen molar-refractivity contribution in [3.8, 4) is 5.75 Å². The van der Waals surface area contributed by atoms with Crippen LogP contribution in [0.1, 0.15) is 12.6 Å². The fourth-order valence-corrected chi connectivity index (χ4v) is 2.38. The Labute approximate surface area is 140 Å². The second kappa shape index (κ2) is 7.23. The fraction of sp³-hybridized carbons (Fsp3) is 0.286. The molecule has 0 unspecified atom stereocenters. The SMILES string of the molecule is CCOc1ccccc1NC(=O)Cn1nc([N+](=O)[O-])c(Br)c1C. The number of para-hydroxylation sites is 2. The van der Waals surface area contributed by atoms with Crippen molar-refractivity contribution in [2.24, 2.45) is 0 Å². The number of hydrogen-bond donors (Lipinski definition) is 1. The highest BCUT2D eigenvalue weighted by molar-refractivity contribution is 9.10. The maximum Gasteiger partial charge on any atom is 0.404 e. The number of nitro groups is 1. The van der Waals surface area contributed by atoms with Crippen LogP contribution in [0.25, 0.3) is 0 Å². The number of halogens is 1. The Morgan fingerprint density at radius 3 is 2.78 bits per heavy atom. The van der Waals surface area contributed by atoms with E-state index in [1.54, 1.807) is 31.2 Å². The molecule has 0 aliphatic rings. The summed E-state index contributed by atoms with van der Waals surface area (Å²) in [5, 5.41) is 17.4. The number of anilines is 1. The topological polar surface area (TPSA) is 99.3 Å². The first kappa shape index (κ1) is 16.9. The van der Waals surface area contributed by atoms with Gasteiger partial charge in [-0.3, -0.25) is 4.79 Å². The van der Waals surface area contributed by atoms with Crippen LogP contribution in [0.5, 0.6) is 5.75 Å². The Balaban J connectivity index is 2.15. The molecule has 0 aliphatic carbocycles. The van der Waals surface area contributed by atoms with Crippen molar-refractivity contribution in [1.29, 1.82) is 0 Å². The first-order valence-corrected chi connectivity index (χ1v) is 7.62. The van der Waals surface area contributed by atoms with Crippen LogP contribution >= 0.6 is 15.9 Å². The van der Waals surface area contributed by atoms with E-state index in [0.29, 0.717) is 23.7 Å². The minimum absolute atomic E-state index is 0.140. The lowest BCUT2D eigenvalue weighted by Crippen LogP contribution is -2.20. The molecule has 1 heterocycles. The standard InChI is InChI=1S/C14H15BrN4O4/c1-3-23-11-7-5-4-6-10(11)16-12(20)8-18-9(2)13(15)14(17-18)19(21)22/h4-7H,3,8H2,1-2H3,(H,16,20). The van der Waals surface area contributed by atoms with E-state index in [1.165, 1.54) is 4.68 Å². The molecule has 0 atom stereocenters. The predicted octanol–water partition coefficient (Wildman–Crippen LogP) is 2.90. The number of amides is 1. The number of nitrogens with one attached hydrogen (secondary N) is 1. The third kappa shape index (κ3) is 3.86. The summed E-state index contributed by atoms with van der Waals surface area (Å²) in [6.07, 6.45) is 0. The van der Waals surface area contributed by atoms with Crippen LogP contribution in [0.2, 0.25) is 0 Å². The van der Waals surface area contributed by atoms with Crippen LogP contribution in [0.4, 0.5) is 11.5 Å². The summed E-state index contributed by atoms with van der Waals surface area (Å²) in [5.41, 5.74) is 1.04. The molecule has 9 heteroatoms. The van der Waals surface area contributed by atoms with E-state index in [4.69, 9.17) is 4.74 Å². The molecule has 0 radical (unpaired) electrons. The van der Waals surface area contributed by atoms with Gasteiger partial charge in [0.1, 0.15) is 16.8 Å². The Morgan fingerprint density at radius 1 is 1.48 bits per heavy atom. The molecule has 1 aromatic carbocycles. The Hall–Kier alpha value is -2.42. The summed E-state index contributed by atoms with van der Waals surface area (Å²) in [6.45, 7) is 3.83. The van der Waals surface area contributed by atoms with E-state index in [2.05, 4.69) is 26.3 Å². The summed E-state index contributed by atoms with van der Waals surface area (Å²) >= 11 is 3.11. The van der Waals surface area contributed by atoms with Crippen LogP contribution in [-0.4, -0.2) is 27.2 Å². The smallest absolute Gasteiger partial charge is 0.404 e. The van der Waals surface area contributed by atoms with Crippen molar-refractivity contribution in [2.75, 3.05) is 11.9 Å². The third-order valence-corrected chi connectivity index (χ3v) is 3.97. The molecular formula is C14H15BrN4O4. The largest absolute Gasteiger partial charge is 0.492 e. The fourth-order valence-electron chi connectivity index (χ4n) is 1.96. The quantitative estimate of drug-likeness (QED) is 0.611. The molecule has 0 spiro atoms. The normalized spacial score (nSPS) is 10.4. The Bertz CT molecular complexity index is 744. The highest BCUT2D eigenvalue weighted by atomic mass is 79.9. The van der Waals surface area contributed by atoms with Gasteiger partial charge in [-0.25, -0.2) is 0 Å². The number of benzene rings is 1. The van der Waals surface area contributed by atoms with Gasteiger partial charge in [-0.1, -0.05) is 12.1 Å². The molecule has 23 heavy (non-hydrogen) atoms. The third-order valence-electron chi connectivity index (χ3n) is 3.04. The lowest BCUT2D eigenvalue weighted by atomic mass is 10.3. The molecule has 122 valence electrons. The molecular weight excluding hydrogens is 368 g/mol. The summed E-state index contributed by atoms with van der Waals surface area (Å²) in [5.74, 6) is -0.108. The number of hydrogen-bond acceptors (Lipinski definition) is 5. The maximum absolute atomic E-state index is 12.2. The van der Waals surface area contributed by atoms with E-state index in [0.717, 1.165) is 0 Å². The molecule has 2 rings (SSSR count). The second-order valence-electron chi connectivity index (χ2n) is 4.62. The van der Waals surface area contributed by atoms with Crippen molar-refractivity contribution >= 4 is 33.3 Å². The van der Waals surface area contributed by atoms with Crippen LogP contribution in [-0.2, 0) is 11.3 Å². The maximum atomic E-state index is 12.2. The van der Waals surface area contributed by atoms with Crippen LogP contribution in [0, 0.1) is 17.0 Å². The van der Waals surface area contributed by atoms with Crippen molar-refractivity contribution in [1.82, 2.24) is 9.78 Å². The average molecular weight is 383 g/mol. The van der Waals surface area contributed by atoms with Gasteiger partial charge in [-0.05, 0) is 46.8 Å². The van der Waals surface area contributed by atoms with Gasteiger partial charge in [0, 0.05) is 0 Å². The van der Waals surface area contributed by atoms with Crippen LogP contribution in [0.3, 0.4) is 0 Å². The van der Waals surface area contributed by atoms with Crippen LogP contribution < -0.4 is 10.1 Å². The molecule has 0 fully saturated rings. The molecule has 1 N–H and O–H groups in total. The van der Waals surface area contributed by atoms with Gasteiger partial charge < -0.3 is 20.2 Å². The van der Waals surface area contributed by atoms with Crippen molar-refractivity contribution in [3.05, 3.63) is 44.5 Å². The second-order valence-corrected chi connectivity index (χ2v) is 5.41. The van der Waals surface area contributed by atoms with E-state index >= 15 is 0 Å². The molecule has 1 aromatic heterocycles. The summed E-state index contributed by atoms with van der Waals surface area (Å²) in [6, 6.07) is 7.05. The lowest BCUT2D eigenvalue weighted by molar-refractivity contribution is -0.390.